The number of amides is 1. The number of hydrogen-bond acceptors (Lipinski definition) is 4. The van der Waals surface area contributed by atoms with Gasteiger partial charge in [-0.25, -0.2) is 0 Å². The number of aromatic hydroxyl groups is 1. The monoisotopic (exact) mass is 343 g/mol. The Morgan fingerprint density at radius 1 is 1.32 bits per heavy atom. The molecule has 1 aromatic heterocycles. The van der Waals surface area contributed by atoms with Gasteiger partial charge in [-0.3, -0.25) is 9.48 Å². The lowest BCUT2D eigenvalue weighted by Gasteiger charge is -2.22. The molecule has 0 spiro atoms. The summed E-state index contributed by atoms with van der Waals surface area (Å²) in [5.74, 6) is 0.747. The fraction of sp³-hybridized carbons (Fsp3) is 0.474. The molecule has 1 aliphatic rings. The van der Waals surface area contributed by atoms with Crippen LogP contribution in [0.2, 0.25) is 0 Å². The lowest BCUT2D eigenvalue weighted by Crippen LogP contribution is -2.27. The topological polar surface area (TPSA) is 67.6 Å². The molecule has 0 aliphatic carbocycles. The molecule has 134 valence electrons. The van der Waals surface area contributed by atoms with E-state index in [1.54, 1.807) is 30.3 Å². The second kappa shape index (κ2) is 7.70. The number of ether oxygens (including phenoxy) is 1. The van der Waals surface area contributed by atoms with Gasteiger partial charge in [-0.2, -0.15) is 5.10 Å². The van der Waals surface area contributed by atoms with Gasteiger partial charge in [0.1, 0.15) is 5.75 Å². The van der Waals surface area contributed by atoms with Crippen LogP contribution in [0.5, 0.6) is 5.75 Å². The molecule has 6 nitrogen and oxygen atoms in total. The van der Waals surface area contributed by atoms with Gasteiger partial charge < -0.3 is 14.7 Å². The molecule has 3 rings (SSSR count). The molecule has 0 radical (unpaired) electrons. The summed E-state index contributed by atoms with van der Waals surface area (Å²) >= 11 is 0. The quantitative estimate of drug-likeness (QED) is 0.906. The van der Waals surface area contributed by atoms with Crippen molar-refractivity contribution >= 4 is 5.91 Å². The summed E-state index contributed by atoms with van der Waals surface area (Å²) in [6.07, 6.45) is 3.76. The van der Waals surface area contributed by atoms with Crippen LogP contribution in [0.4, 0.5) is 0 Å². The van der Waals surface area contributed by atoms with Crippen LogP contribution in [0.25, 0.3) is 0 Å². The second-order valence-corrected chi connectivity index (χ2v) is 6.71. The lowest BCUT2D eigenvalue weighted by molar-refractivity contribution is 0.0599. The average Bonchev–Trinajstić information content (AvgIpc) is 2.98. The van der Waals surface area contributed by atoms with Crippen molar-refractivity contribution in [2.45, 2.75) is 32.9 Å². The zero-order valence-electron chi connectivity index (χ0n) is 14.8. The standard InChI is InChI=1S/C19H25N3O3/c1-14-18(11-20-22(14)13-16-7-9-25-10-8-16)19(24)21(2)12-15-3-5-17(23)6-4-15/h3-6,11,16,23H,7-10,12-13H2,1-2H3. The van der Waals surface area contributed by atoms with Crippen LogP contribution >= 0.6 is 0 Å². The van der Waals surface area contributed by atoms with Crippen molar-refractivity contribution in [3.8, 4) is 5.75 Å². The molecule has 1 saturated heterocycles. The van der Waals surface area contributed by atoms with Gasteiger partial charge in [0.2, 0.25) is 0 Å². The zero-order valence-corrected chi connectivity index (χ0v) is 14.8. The first-order valence-corrected chi connectivity index (χ1v) is 8.68. The summed E-state index contributed by atoms with van der Waals surface area (Å²) in [5.41, 5.74) is 2.53. The Hall–Kier alpha value is -2.34. The average molecular weight is 343 g/mol. The predicted octanol–water partition coefficient (Wildman–Crippen LogP) is 2.60. The Labute approximate surface area is 148 Å². The van der Waals surface area contributed by atoms with Gasteiger partial charge in [-0.15, -0.1) is 0 Å². The van der Waals surface area contributed by atoms with Crippen LogP contribution in [0.1, 0.15) is 34.5 Å². The molecule has 0 unspecified atom stereocenters. The minimum atomic E-state index is -0.0381. The van der Waals surface area contributed by atoms with Gasteiger partial charge in [0.15, 0.2) is 0 Å². The van der Waals surface area contributed by atoms with Crippen molar-refractivity contribution in [1.29, 1.82) is 0 Å². The number of hydrogen-bond donors (Lipinski definition) is 1. The molecule has 1 amide bonds. The zero-order chi connectivity index (χ0) is 17.8. The van der Waals surface area contributed by atoms with E-state index in [4.69, 9.17) is 4.74 Å². The van der Waals surface area contributed by atoms with E-state index in [1.807, 2.05) is 23.7 Å². The van der Waals surface area contributed by atoms with Crippen LogP contribution in [-0.2, 0) is 17.8 Å². The van der Waals surface area contributed by atoms with E-state index in [2.05, 4.69) is 5.10 Å². The van der Waals surface area contributed by atoms with Crippen molar-refractivity contribution in [2.75, 3.05) is 20.3 Å². The predicted molar refractivity (Wildman–Crippen MR) is 94.4 cm³/mol. The molecule has 2 aromatic rings. The summed E-state index contributed by atoms with van der Waals surface area (Å²) in [6.45, 7) is 4.90. The molecule has 25 heavy (non-hydrogen) atoms. The van der Waals surface area contributed by atoms with E-state index in [9.17, 15) is 9.90 Å². The van der Waals surface area contributed by atoms with E-state index in [-0.39, 0.29) is 11.7 Å². The Morgan fingerprint density at radius 2 is 2.00 bits per heavy atom. The molecular weight excluding hydrogens is 318 g/mol. The molecule has 2 heterocycles. The van der Waals surface area contributed by atoms with Gasteiger partial charge in [-0.1, -0.05) is 12.1 Å². The van der Waals surface area contributed by atoms with Gasteiger partial charge in [-0.05, 0) is 43.4 Å². The Morgan fingerprint density at radius 3 is 2.68 bits per heavy atom. The van der Waals surface area contributed by atoms with Crippen LogP contribution in [0, 0.1) is 12.8 Å². The molecular formula is C19H25N3O3. The second-order valence-electron chi connectivity index (χ2n) is 6.71. The van der Waals surface area contributed by atoms with Gasteiger partial charge in [0.05, 0.1) is 11.8 Å². The first-order chi connectivity index (χ1) is 12.0. The highest BCUT2D eigenvalue weighted by atomic mass is 16.5. The number of phenolic OH excluding ortho intramolecular Hbond substituents is 1. The summed E-state index contributed by atoms with van der Waals surface area (Å²) in [7, 11) is 1.78. The first-order valence-electron chi connectivity index (χ1n) is 8.68. The summed E-state index contributed by atoms with van der Waals surface area (Å²) in [6, 6.07) is 6.90. The largest absolute Gasteiger partial charge is 0.508 e. The fourth-order valence-corrected chi connectivity index (χ4v) is 3.17. The normalized spacial score (nSPS) is 15.3. The van der Waals surface area contributed by atoms with Gasteiger partial charge >= 0.3 is 0 Å². The lowest BCUT2D eigenvalue weighted by atomic mass is 10.0. The van der Waals surface area contributed by atoms with Crippen molar-refractivity contribution in [2.24, 2.45) is 5.92 Å². The molecule has 1 aromatic carbocycles. The number of rotatable bonds is 5. The van der Waals surface area contributed by atoms with Crippen LogP contribution in [-0.4, -0.2) is 46.0 Å². The third kappa shape index (κ3) is 4.20. The van der Waals surface area contributed by atoms with Gasteiger partial charge in [0.25, 0.3) is 5.91 Å². The molecule has 0 saturated carbocycles. The van der Waals surface area contributed by atoms with Crippen molar-refractivity contribution in [3.05, 3.63) is 47.3 Å². The molecule has 0 bridgehead atoms. The van der Waals surface area contributed by atoms with E-state index < -0.39 is 0 Å². The SMILES string of the molecule is Cc1c(C(=O)N(C)Cc2ccc(O)cc2)cnn1CC1CCOCC1. The third-order valence-electron chi connectivity index (χ3n) is 4.81. The fourth-order valence-electron chi connectivity index (χ4n) is 3.17. The minimum Gasteiger partial charge on any atom is -0.508 e. The Balaban J connectivity index is 1.66. The number of benzene rings is 1. The maximum absolute atomic E-state index is 12.7. The summed E-state index contributed by atoms with van der Waals surface area (Å²) < 4.78 is 7.34. The van der Waals surface area contributed by atoms with Crippen LogP contribution in [0.3, 0.4) is 0 Å². The number of phenols is 1. The number of carbonyl (C=O) groups is 1. The van der Waals surface area contributed by atoms with Crippen molar-refractivity contribution in [1.82, 2.24) is 14.7 Å². The van der Waals surface area contributed by atoms with Crippen molar-refractivity contribution in [3.63, 3.8) is 0 Å². The Kier molecular flexibility index (Phi) is 5.38. The smallest absolute Gasteiger partial charge is 0.257 e. The maximum atomic E-state index is 12.7. The first kappa shape index (κ1) is 17.5. The van der Waals surface area contributed by atoms with Crippen LogP contribution in [0.15, 0.2) is 30.5 Å². The van der Waals surface area contributed by atoms with Crippen LogP contribution < -0.4 is 0 Å². The number of aromatic nitrogens is 2. The minimum absolute atomic E-state index is 0.0381. The molecule has 6 heteroatoms. The highest BCUT2D eigenvalue weighted by molar-refractivity contribution is 5.94. The summed E-state index contributed by atoms with van der Waals surface area (Å²) in [5, 5.41) is 13.8. The van der Waals surface area contributed by atoms with Gasteiger partial charge in [0, 0.05) is 39.0 Å². The maximum Gasteiger partial charge on any atom is 0.257 e. The number of nitrogens with zero attached hydrogens (tertiary/aromatic N) is 3. The summed E-state index contributed by atoms with van der Waals surface area (Å²) in [4.78, 5) is 14.4. The molecule has 1 fully saturated rings. The molecule has 1 N–H and O–H groups in total. The Bertz CT molecular complexity index is 718. The number of carbonyl (C=O) groups excluding carboxylic acids is 1. The van der Waals surface area contributed by atoms with E-state index in [0.717, 1.165) is 43.9 Å². The van der Waals surface area contributed by atoms with Crippen molar-refractivity contribution < 1.29 is 14.6 Å². The molecule has 1 aliphatic heterocycles. The highest BCUT2D eigenvalue weighted by Gasteiger charge is 2.21. The highest BCUT2D eigenvalue weighted by Crippen LogP contribution is 2.19. The van der Waals surface area contributed by atoms with E-state index >= 15 is 0 Å². The van der Waals surface area contributed by atoms with E-state index in [0.29, 0.717) is 18.0 Å². The molecule has 0 atom stereocenters. The third-order valence-corrected chi connectivity index (χ3v) is 4.81. The van der Waals surface area contributed by atoms with E-state index in [1.165, 1.54) is 0 Å².